The highest BCUT2D eigenvalue weighted by Gasteiger charge is 2.58. The molecule has 0 saturated heterocycles. The van der Waals surface area contributed by atoms with Crippen molar-refractivity contribution >= 4 is 5.97 Å². The van der Waals surface area contributed by atoms with Gasteiger partial charge >= 0.3 is 5.97 Å². The lowest BCUT2D eigenvalue weighted by molar-refractivity contribution is -0.137. The first-order valence-corrected chi connectivity index (χ1v) is 11.3. The third-order valence-corrected chi connectivity index (χ3v) is 9.65. The normalized spacial score (nSPS) is 48.3. The molecule has 1 N–H and O–H groups in total. The number of hydrogen-bond donors (Lipinski definition) is 1. The van der Waals surface area contributed by atoms with E-state index in [1.807, 2.05) is 0 Å². The molecule has 0 amide bonds. The van der Waals surface area contributed by atoms with Gasteiger partial charge in [-0.3, -0.25) is 4.79 Å². The van der Waals surface area contributed by atoms with E-state index in [4.69, 9.17) is 5.11 Å². The molecule has 8 atom stereocenters. The van der Waals surface area contributed by atoms with Crippen LogP contribution in [0.1, 0.15) is 85.0 Å². The van der Waals surface area contributed by atoms with Crippen LogP contribution in [0.25, 0.3) is 0 Å². The van der Waals surface area contributed by atoms with Gasteiger partial charge in [-0.25, -0.2) is 0 Å². The van der Waals surface area contributed by atoms with Gasteiger partial charge in [-0.2, -0.15) is 0 Å². The Morgan fingerprint density at radius 3 is 2.58 bits per heavy atom. The van der Waals surface area contributed by atoms with E-state index in [0.29, 0.717) is 23.2 Å². The minimum absolute atomic E-state index is 0.337. The van der Waals surface area contributed by atoms with Gasteiger partial charge in [0.1, 0.15) is 0 Å². The van der Waals surface area contributed by atoms with Crippen LogP contribution >= 0.6 is 0 Å². The highest BCUT2D eigenvalue weighted by molar-refractivity contribution is 5.66. The molecular weight excluding hydrogens is 320 g/mol. The van der Waals surface area contributed by atoms with E-state index in [9.17, 15) is 4.79 Å². The lowest BCUT2D eigenvalue weighted by Gasteiger charge is -2.58. The zero-order valence-electron chi connectivity index (χ0n) is 17.0. The number of fused-ring (bicyclic) bond motifs is 5. The average Bonchev–Trinajstić information content (AvgIpc) is 2.96. The highest BCUT2D eigenvalue weighted by Crippen LogP contribution is 2.66. The van der Waals surface area contributed by atoms with Crippen molar-refractivity contribution in [3.63, 3.8) is 0 Å². The topological polar surface area (TPSA) is 37.3 Å². The Labute approximate surface area is 159 Å². The molecule has 3 fully saturated rings. The molecule has 0 aromatic rings. The molecule has 4 aliphatic carbocycles. The predicted molar refractivity (Wildman–Crippen MR) is 106 cm³/mol. The third-order valence-electron chi connectivity index (χ3n) is 9.65. The van der Waals surface area contributed by atoms with Gasteiger partial charge in [0.25, 0.3) is 0 Å². The number of carboxylic acid groups (broad SMARTS) is 1. The van der Waals surface area contributed by atoms with Crippen LogP contribution in [0, 0.1) is 46.3 Å². The molecule has 4 aliphatic rings. The zero-order chi connectivity index (χ0) is 18.5. The average molecular weight is 359 g/mol. The fourth-order valence-electron chi connectivity index (χ4n) is 8.18. The summed E-state index contributed by atoms with van der Waals surface area (Å²) in [6.07, 6.45) is 17.6. The van der Waals surface area contributed by atoms with Crippen molar-refractivity contribution < 1.29 is 9.90 Å². The molecule has 0 spiro atoms. The SMILES string of the molecule is C[C@@H](CCC(=O)O)[C@@H]1CC[C@@H]2[C@H]3C=C[C@@H]4CCCC[C@]4(C)[C@@H]3CC[C@@]21C. The van der Waals surface area contributed by atoms with Crippen LogP contribution in [-0.4, -0.2) is 11.1 Å². The summed E-state index contributed by atoms with van der Waals surface area (Å²) in [5, 5.41) is 9.09. The van der Waals surface area contributed by atoms with Crippen LogP contribution in [-0.2, 0) is 4.79 Å². The molecule has 2 nitrogen and oxygen atoms in total. The molecule has 0 radical (unpaired) electrons. The second kappa shape index (κ2) is 6.67. The lowest BCUT2D eigenvalue weighted by atomic mass is 9.46. The van der Waals surface area contributed by atoms with Gasteiger partial charge in [0.15, 0.2) is 0 Å². The second-order valence-electron chi connectivity index (χ2n) is 10.7. The van der Waals surface area contributed by atoms with Crippen LogP contribution in [0.5, 0.6) is 0 Å². The summed E-state index contributed by atoms with van der Waals surface area (Å²) in [6.45, 7) is 7.50. The van der Waals surface area contributed by atoms with Crippen molar-refractivity contribution in [2.24, 2.45) is 46.3 Å². The molecule has 2 heteroatoms. The van der Waals surface area contributed by atoms with Crippen molar-refractivity contribution in [1.82, 2.24) is 0 Å². The number of carboxylic acids is 1. The van der Waals surface area contributed by atoms with Gasteiger partial charge in [0.05, 0.1) is 0 Å². The first-order chi connectivity index (χ1) is 12.4. The van der Waals surface area contributed by atoms with E-state index in [1.54, 1.807) is 0 Å². The Hall–Kier alpha value is -0.790. The van der Waals surface area contributed by atoms with Crippen molar-refractivity contribution in [1.29, 1.82) is 0 Å². The predicted octanol–water partition coefficient (Wildman–Crippen LogP) is 6.31. The Morgan fingerprint density at radius 1 is 1.04 bits per heavy atom. The Balaban J connectivity index is 1.55. The van der Waals surface area contributed by atoms with Crippen LogP contribution in [0.3, 0.4) is 0 Å². The summed E-state index contributed by atoms with van der Waals surface area (Å²) in [6, 6.07) is 0. The number of aliphatic carboxylic acids is 1. The van der Waals surface area contributed by atoms with Gasteiger partial charge in [0, 0.05) is 6.42 Å². The number of rotatable bonds is 4. The Kier molecular flexibility index (Phi) is 4.77. The minimum atomic E-state index is -0.633. The molecule has 26 heavy (non-hydrogen) atoms. The summed E-state index contributed by atoms with van der Waals surface area (Å²) in [7, 11) is 0. The summed E-state index contributed by atoms with van der Waals surface area (Å²) in [4.78, 5) is 11.0. The molecule has 4 rings (SSSR count). The maximum atomic E-state index is 11.0. The summed E-state index contributed by atoms with van der Waals surface area (Å²) in [5.74, 6) is 3.96. The first-order valence-electron chi connectivity index (χ1n) is 11.3. The van der Waals surface area contributed by atoms with Crippen LogP contribution in [0.4, 0.5) is 0 Å². The first kappa shape index (κ1) is 18.6. The van der Waals surface area contributed by atoms with Crippen molar-refractivity contribution in [2.75, 3.05) is 0 Å². The molecule has 0 heterocycles. The number of hydrogen-bond acceptors (Lipinski definition) is 1. The van der Waals surface area contributed by atoms with Crippen LogP contribution in [0.15, 0.2) is 12.2 Å². The smallest absolute Gasteiger partial charge is 0.303 e. The largest absolute Gasteiger partial charge is 0.481 e. The molecule has 0 bridgehead atoms. The van der Waals surface area contributed by atoms with Gasteiger partial charge in [-0.15, -0.1) is 0 Å². The van der Waals surface area contributed by atoms with Gasteiger partial charge in [-0.1, -0.05) is 45.8 Å². The molecule has 3 saturated carbocycles. The molecule has 0 unspecified atom stereocenters. The molecule has 0 aromatic carbocycles. The van der Waals surface area contributed by atoms with E-state index in [1.165, 1.54) is 51.4 Å². The lowest BCUT2D eigenvalue weighted by Crippen LogP contribution is -2.51. The number of allylic oxidation sites excluding steroid dienone is 2. The van der Waals surface area contributed by atoms with Gasteiger partial charge in [0.2, 0.25) is 0 Å². The van der Waals surface area contributed by atoms with Crippen LogP contribution in [0.2, 0.25) is 0 Å². The molecule has 146 valence electrons. The Morgan fingerprint density at radius 2 is 1.81 bits per heavy atom. The van der Waals surface area contributed by atoms with E-state index >= 15 is 0 Å². The van der Waals surface area contributed by atoms with E-state index in [-0.39, 0.29) is 0 Å². The Bertz CT molecular complexity index is 581. The quantitative estimate of drug-likeness (QED) is 0.598. The second-order valence-corrected chi connectivity index (χ2v) is 10.7. The minimum Gasteiger partial charge on any atom is -0.481 e. The van der Waals surface area contributed by atoms with Crippen molar-refractivity contribution in [3.8, 4) is 0 Å². The molecule has 0 aromatic heterocycles. The molecular formula is C24H38O2. The van der Waals surface area contributed by atoms with E-state index in [2.05, 4.69) is 32.9 Å². The summed E-state index contributed by atoms with van der Waals surface area (Å²) in [5.41, 5.74) is 0.979. The van der Waals surface area contributed by atoms with Gasteiger partial charge < -0.3 is 5.11 Å². The van der Waals surface area contributed by atoms with Crippen molar-refractivity contribution in [2.45, 2.75) is 85.0 Å². The fourth-order valence-corrected chi connectivity index (χ4v) is 8.18. The maximum Gasteiger partial charge on any atom is 0.303 e. The monoisotopic (exact) mass is 358 g/mol. The third kappa shape index (κ3) is 2.78. The highest BCUT2D eigenvalue weighted by atomic mass is 16.4. The number of carbonyl (C=O) groups is 1. The maximum absolute atomic E-state index is 11.0. The summed E-state index contributed by atoms with van der Waals surface area (Å²) < 4.78 is 0. The van der Waals surface area contributed by atoms with E-state index in [0.717, 1.165) is 36.0 Å². The zero-order valence-corrected chi connectivity index (χ0v) is 17.0. The fraction of sp³-hybridized carbons (Fsp3) is 0.875. The van der Waals surface area contributed by atoms with Crippen LogP contribution < -0.4 is 0 Å². The standard InChI is InChI=1S/C24H38O2/c1-16(7-12-22(25)26)19-10-11-20-18-9-8-17-6-4-5-14-23(17,2)21(18)13-15-24(19,20)3/h8-9,16-21H,4-7,10-15H2,1-3H3,(H,25,26)/t16-,17-,18+,19-,20+,21+,23-,24+/m0/s1. The van der Waals surface area contributed by atoms with Crippen molar-refractivity contribution in [3.05, 3.63) is 12.2 Å². The summed E-state index contributed by atoms with van der Waals surface area (Å²) >= 11 is 0. The van der Waals surface area contributed by atoms with E-state index < -0.39 is 5.97 Å². The van der Waals surface area contributed by atoms with Gasteiger partial charge in [-0.05, 0) is 91.3 Å². The molecule has 0 aliphatic heterocycles.